The highest BCUT2D eigenvalue weighted by Gasteiger charge is 2.11. The lowest BCUT2D eigenvalue weighted by Crippen LogP contribution is -3.00. The number of hydrogen-bond donors (Lipinski definition) is 2. The van der Waals surface area contributed by atoms with Crippen molar-refractivity contribution in [3.8, 4) is 21.7 Å². The number of aliphatic hydroxyl groups excluding tert-OH is 1. The van der Waals surface area contributed by atoms with Gasteiger partial charge in [0, 0.05) is 12.7 Å². The Kier molecular flexibility index (Phi) is 8.77. The number of aliphatic hydroxyl groups is 1. The van der Waals surface area contributed by atoms with E-state index < -0.39 is 0 Å². The van der Waals surface area contributed by atoms with Gasteiger partial charge < -0.3 is 17.5 Å². The van der Waals surface area contributed by atoms with Crippen molar-refractivity contribution in [2.24, 2.45) is 5.10 Å². The second-order valence-corrected chi connectivity index (χ2v) is 6.07. The third kappa shape index (κ3) is 5.94. The van der Waals surface area contributed by atoms with Crippen LogP contribution in [0.5, 0.6) is 0 Å². The third-order valence-corrected chi connectivity index (χ3v) is 3.98. The smallest absolute Gasteiger partial charge is 0.379 e. The van der Waals surface area contributed by atoms with E-state index >= 15 is 0 Å². The first kappa shape index (κ1) is 20.8. The number of benzene rings is 2. The van der Waals surface area contributed by atoms with E-state index in [1.807, 2.05) is 32.0 Å². The number of anilines is 1. The molecule has 0 amide bonds. The Hall–Kier alpha value is -2.28. The lowest BCUT2D eigenvalue weighted by molar-refractivity contribution is -0.431. The van der Waals surface area contributed by atoms with Crippen molar-refractivity contribution in [2.75, 3.05) is 12.5 Å². The minimum atomic E-state index is 0. The summed E-state index contributed by atoms with van der Waals surface area (Å²) in [6.07, 6.45) is 0. The van der Waals surface area contributed by atoms with Crippen molar-refractivity contribution in [3.05, 3.63) is 54.6 Å². The average Bonchev–Trinajstić information content (AvgIpc) is 3.12. The van der Waals surface area contributed by atoms with Crippen LogP contribution in [0.3, 0.4) is 0 Å². The maximum absolute atomic E-state index is 7.00. The van der Waals surface area contributed by atoms with Crippen molar-refractivity contribution in [3.63, 3.8) is 0 Å². The van der Waals surface area contributed by atoms with Gasteiger partial charge in [0.1, 0.15) is 0 Å². The lowest BCUT2D eigenvalue weighted by Gasteiger charge is -2.01. The molecule has 0 aliphatic rings. The number of hydrogen-bond acceptors (Lipinski definition) is 5. The van der Waals surface area contributed by atoms with Crippen LogP contribution >= 0.6 is 11.3 Å². The molecule has 0 atom stereocenters. The summed E-state index contributed by atoms with van der Waals surface area (Å²) in [7, 11) is 1.00. The highest BCUT2D eigenvalue weighted by atomic mass is 35.5. The van der Waals surface area contributed by atoms with E-state index in [2.05, 4.69) is 57.1 Å². The van der Waals surface area contributed by atoms with Gasteiger partial charge in [-0.1, -0.05) is 64.8 Å². The maximum atomic E-state index is 7.00. The number of H-pyrrole nitrogens is 1. The van der Waals surface area contributed by atoms with Crippen LogP contribution in [0, 0.1) is 0 Å². The molecule has 25 heavy (non-hydrogen) atoms. The van der Waals surface area contributed by atoms with Gasteiger partial charge in [0.2, 0.25) is 0 Å². The van der Waals surface area contributed by atoms with Crippen LogP contribution in [0.15, 0.2) is 59.7 Å². The first-order valence-electron chi connectivity index (χ1n) is 7.48. The van der Waals surface area contributed by atoms with Crippen molar-refractivity contribution >= 4 is 22.2 Å². The number of hydrazone groups is 1. The van der Waals surface area contributed by atoms with Crippen LogP contribution in [0.2, 0.25) is 0 Å². The van der Waals surface area contributed by atoms with E-state index in [1.165, 1.54) is 11.1 Å². The Bertz CT molecular complexity index is 784. The highest BCUT2D eigenvalue weighted by Crippen LogP contribution is 2.27. The van der Waals surface area contributed by atoms with Gasteiger partial charge in [-0.05, 0) is 36.3 Å². The molecule has 132 valence electrons. The van der Waals surface area contributed by atoms with Gasteiger partial charge in [0.05, 0.1) is 5.71 Å². The van der Waals surface area contributed by atoms with Gasteiger partial charge >= 0.3 is 5.13 Å². The first-order chi connectivity index (χ1) is 11.7. The third-order valence-electron chi connectivity index (χ3n) is 3.08. The van der Waals surface area contributed by atoms with E-state index in [1.54, 1.807) is 11.3 Å². The highest BCUT2D eigenvalue weighted by molar-refractivity contribution is 7.18. The number of nitrogens with one attached hydrogen (secondary N) is 2. The van der Waals surface area contributed by atoms with Crippen molar-refractivity contribution in [2.45, 2.75) is 13.8 Å². The molecular formula is C18H21ClN4OS. The van der Waals surface area contributed by atoms with E-state index in [-0.39, 0.29) is 12.4 Å². The van der Waals surface area contributed by atoms with Crippen molar-refractivity contribution in [1.29, 1.82) is 0 Å². The zero-order valence-electron chi connectivity index (χ0n) is 14.3. The molecule has 1 aromatic heterocycles. The first-order valence-corrected chi connectivity index (χ1v) is 8.30. The quantitative estimate of drug-likeness (QED) is 0.520. The number of aromatic amines is 1. The summed E-state index contributed by atoms with van der Waals surface area (Å²) in [5, 5.41) is 20.2. The fourth-order valence-electron chi connectivity index (χ4n) is 2.01. The molecule has 0 saturated carbocycles. The van der Waals surface area contributed by atoms with Gasteiger partial charge in [-0.2, -0.15) is 0 Å². The Morgan fingerprint density at radius 3 is 2.12 bits per heavy atom. The number of rotatable bonds is 4. The van der Waals surface area contributed by atoms with Gasteiger partial charge in [-0.3, -0.25) is 0 Å². The fourth-order valence-corrected chi connectivity index (χ4v) is 2.73. The molecule has 0 bridgehead atoms. The predicted octanol–water partition coefficient (Wildman–Crippen LogP) is 0.711. The molecule has 5 nitrogen and oxygen atoms in total. The summed E-state index contributed by atoms with van der Waals surface area (Å²) >= 11 is 1.54. The Labute approximate surface area is 157 Å². The molecule has 3 rings (SSSR count). The average molecular weight is 377 g/mol. The molecule has 0 aliphatic heterocycles. The molecular weight excluding hydrogens is 356 g/mol. The van der Waals surface area contributed by atoms with Crippen LogP contribution in [0.1, 0.15) is 13.8 Å². The molecule has 7 heteroatoms. The number of halogens is 1. The Morgan fingerprint density at radius 2 is 1.52 bits per heavy atom. The molecule has 3 N–H and O–H groups in total. The topological polar surface area (TPSA) is 71.7 Å². The molecule has 2 aromatic carbocycles. The zero-order chi connectivity index (χ0) is 17.4. The molecule has 0 aliphatic carbocycles. The SMILES string of the molecule is CC(C)=NNc1[nH+]nc(-c2ccc(-c3ccccc3)cc2)s1.CO.[Cl-]. The van der Waals surface area contributed by atoms with E-state index in [4.69, 9.17) is 5.11 Å². The molecule has 0 saturated heterocycles. The molecule has 3 aromatic rings. The molecule has 0 unspecified atom stereocenters. The maximum Gasteiger partial charge on any atom is 0.379 e. The van der Waals surface area contributed by atoms with Crippen LogP contribution in [-0.2, 0) is 0 Å². The van der Waals surface area contributed by atoms with Gasteiger partial charge in [-0.15, -0.1) is 10.5 Å². The Balaban J connectivity index is 0.00000101. The summed E-state index contributed by atoms with van der Waals surface area (Å²) in [5.74, 6) is 0. The minimum absolute atomic E-state index is 0. The molecule has 0 fully saturated rings. The minimum Gasteiger partial charge on any atom is -1.00 e. The van der Waals surface area contributed by atoms with Crippen LogP contribution in [0.4, 0.5) is 5.13 Å². The van der Waals surface area contributed by atoms with Crippen molar-refractivity contribution < 1.29 is 22.6 Å². The predicted molar refractivity (Wildman–Crippen MR) is 100 cm³/mol. The summed E-state index contributed by atoms with van der Waals surface area (Å²) in [6, 6.07) is 18.8. The van der Waals surface area contributed by atoms with Gasteiger partial charge in [0.25, 0.3) is 0 Å². The van der Waals surface area contributed by atoms with Gasteiger partial charge in [-0.25, -0.2) is 0 Å². The fraction of sp³-hybridized carbons (Fsp3) is 0.167. The number of nitrogens with zero attached hydrogens (tertiary/aromatic N) is 2. The lowest BCUT2D eigenvalue weighted by atomic mass is 10.0. The van der Waals surface area contributed by atoms with Gasteiger partial charge in [0.15, 0.2) is 5.01 Å². The molecule has 0 spiro atoms. The Morgan fingerprint density at radius 1 is 0.960 bits per heavy atom. The second kappa shape index (κ2) is 10.6. The van der Waals surface area contributed by atoms with E-state index in [9.17, 15) is 0 Å². The normalized spacial score (nSPS) is 9.28. The van der Waals surface area contributed by atoms with Crippen LogP contribution in [0.25, 0.3) is 21.7 Å². The number of aromatic nitrogens is 2. The summed E-state index contributed by atoms with van der Waals surface area (Å²) in [5.41, 5.74) is 7.44. The van der Waals surface area contributed by atoms with E-state index in [0.717, 1.165) is 28.5 Å². The summed E-state index contributed by atoms with van der Waals surface area (Å²) in [6.45, 7) is 3.88. The van der Waals surface area contributed by atoms with Crippen LogP contribution < -0.4 is 22.9 Å². The van der Waals surface area contributed by atoms with Crippen molar-refractivity contribution in [1.82, 2.24) is 5.10 Å². The summed E-state index contributed by atoms with van der Waals surface area (Å²) < 4.78 is 0. The standard InChI is InChI=1S/C17H16N4S.CH4O.ClH/c1-12(2)18-20-17-21-19-16(22-17)15-10-8-14(9-11-15)13-6-4-3-5-7-13;1-2;/h3-11H,1-2H3,(H,20,21);2H,1H3;1H. The monoisotopic (exact) mass is 376 g/mol. The molecule has 0 radical (unpaired) electrons. The van der Waals surface area contributed by atoms with E-state index in [0.29, 0.717) is 0 Å². The summed E-state index contributed by atoms with van der Waals surface area (Å²) in [4.78, 5) is 0. The second-order valence-electron chi connectivity index (χ2n) is 5.07. The molecule has 1 heterocycles. The zero-order valence-corrected chi connectivity index (χ0v) is 15.9. The van der Waals surface area contributed by atoms with Crippen LogP contribution in [-0.4, -0.2) is 23.0 Å². The largest absolute Gasteiger partial charge is 1.00 e.